The standard InChI is InChI=1S/C48H61FN8O4S.C2H6O/c1-11-20-55(45(58)44(30(5)6)51-14-4)22-19-52-36(27-50-10)32-24-35(49)43-39-25-33-23-31(37-28-53-42(54-37)29-56(21-12-2)47(59)61-48(7,8)9)15-17-38(33)57(39)46(60-40(43)26-32)41-18-16-34(13-3)62-41;1-3-2/h14-18,23-28,30,44,46,51-52H,4,10-13,19-22,29H2,1-3,5-9H3,(H,53,54);1-2H3/b36-27-;. The lowest BCUT2D eigenvalue weighted by molar-refractivity contribution is -0.134. The topological polar surface area (TPSA) is 138 Å². The van der Waals surface area contributed by atoms with Crippen molar-refractivity contribution in [3.8, 4) is 28.3 Å². The number of hydrogen-bond acceptors (Lipinski definition) is 10. The summed E-state index contributed by atoms with van der Waals surface area (Å²) in [6.07, 6.45) is 6.42. The molecule has 2 atom stereocenters. The Bertz CT molecular complexity index is 2450. The zero-order chi connectivity index (χ0) is 47.4. The van der Waals surface area contributed by atoms with E-state index in [4.69, 9.17) is 9.47 Å². The smallest absolute Gasteiger partial charge is 0.410 e. The van der Waals surface area contributed by atoms with Crippen LogP contribution in [0.4, 0.5) is 9.18 Å². The Kier molecular flexibility index (Phi) is 17.6. The third kappa shape index (κ3) is 12.3. The van der Waals surface area contributed by atoms with Crippen molar-refractivity contribution in [2.24, 2.45) is 10.9 Å². The number of amides is 2. The van der Waals surface area contributed by atoms with Crippen molar-refractivity contribution in [2.45, 2.75) is 99.1 Å². The number of methoxy groups -OCH3 is 1. The lowest BCUT2D eigenvalue weighted by Gasteiger charge is -2.30. The summed E-state index contributed by atoms with van der Waals surface area (Å²) in [5, 5.41) is 7.41. The molecule has 13 nitrogen and oxygen atoms in total. The van der Waals surface area contributed by atoms with Crippen LogP contribution in [0.15, 0.2) is 78.7 Å². The lowest BCUT2D eigenvalue weighted by atomic mass is 10.0. The molecule has 1 aliphatic rings. The van der Waals surface area contributed by atoms with Crippen LogP contribution < -0.4 is 15.4 Å². The minimum atomic E-state index is -0.608. The van der Waals surface area contributed by atoms with Crippen molar-refractivity contribution in [3.05, 3.63) is 101 Å². The number of aromatic nitrogens is 3. The van der Waals surface area contributed by atoms with E-state index in [-0.39, 0.29) is 30.5 Å². The second-order valence-corrected chi connectivity index (χ2v) is 18.5. The number of nitrogens with zero attached hydrogens (tertiary/aromatic N) is 5. The number of thiophene rings is 1. The second-order valence-electron chi connectivity index (χ2n) is 17.3. The maximum Gasteiger partial charge on any atom is 0.410 e. The Morgan fingerprint density at radius 2 is 1.78 bits per heavy atom. The quantitative estimate of drug-likeness (QED) is 0.0697. The molecule has 5 aromatic rings. The summed E-state index contributed by atoms with van der Waals surface area (Å²) in [5.41, 5.74) is 4.11. The predicted octanol–water partition coefficient (Wildman–Crippen LogP) is 10.4. The Morgan fingerprint density at radius 1 is 1.06 bits per heavy atom. The summed E-state index contributed by atoms with van der Waals surface area (Å²) in [5.74, 6) is 0.670. The average molecular weight is 911 g/mol. The third-order valence-corrected chi connectivity index (χ3v) is 11.8. The number of carbonyl (C=O) groups is 2. The summed E-state index contributed by atoms with van der Waals surface area (Å²) in [4.78, 5) is 44.3. The van der Waals surface area contributed by atoms with Crippen LogP contribution in [0, 0.1) is 11.7 Å². The number of nitrogens with one attached hydrogen (secondary N) is 3. The molecule has 0 saturated carbocycles. The molecule has 1 aliphatic heterocycles. The van der Waals surface area contributed by atoms with Gasteiger partial charge < -0.3 is 39.6 Å². The molecule has 2 aromatic carbocycles. The average Bonchev–Trinajstić information content (AvgIpc) is 4.03. The van der Waals surface area contributed by atoms with Gasteiger partial charge in [-0.3, -0.25) is 14.4 Å². The number of aliphatic imine (C=N–C) groups is 1. The molecule has 15 heteroatoms. The first-order valence-corrected chi connectivity index (χ1v) is 23.2. The van der Waals surface area contributed by atoms with E-state index in [2.05, 4.69) is 73.3 Å². The van der Waals surface area contributed by atoms with Gasteiger partial charge in [0.1, 0.15) is 29.0 Å². The SMILES string of the molecule is C=CNC(C(=O)N(CCC)CCN/C(=C\N=C)c1cc(F)c2c(c1)OC(c1ccc(CC)s1)n1c-2cc2cc(-c3cnc(CN(CCC)C(=O)OC(C)(C)C)[nH]3)ccc21)C(C)C.COC. The van der Waals surface area contributed by atoms with Crippen molar-refractivity contribution in [2.75, 3.05) is 40.4 Å². The largest absolute Gasteiger partial charge is 0.464 e. The van der Waals surface area contributed by atoms with E-state index in [0.717, 1.165) is 46.3 Å². The van der Waals surface area contributed by atoms with Crippen LogP contribution in [0.5, 0.6) is 5.75 Å². The lowest BCUT2D eigenvalue weighted by Crippen LogP contribution is -2.49. The Labute approximate surface area is 387 Å². The van der Waals surface area contributed by atoms with E-state index < -0.39 is 17.6 Å². The fourth-order valence-corrected chi connectivity index (χ4v) is 8.69. The Morgan fingerprint density at radius 3 is 2.42 bits per heavy atom. The van der Waals surface area contributed by atoms with Crippen LogP contribution in [-0.2, 0) is 27.2 Å². The van der Waals surface area contributed by atoms with Gasteiger partial charge in [-0.15, -0.1) is 11.3 Å². The summed E-state index contributed by atoms with van der Waals surface area (Å²) in [7, 11) is 3.25. The molecule has 0 spiro atoms. The van der Waals surface area contributed by atoms with Crippen molar-refractivity contribution in [1.29, 1.82) is 0 Å². The van der Waals surface area contributed by atoms with E-state index in [1.54, 1.807) is 49.1 Å². The number of H-pyrrole nitrogens is 1. The highest BCUT2D eigenvalue weighted by Crippen LogP contribution is 2.47. The zero-order valence-corrected chi connectivity index (χ0v) is 40.5. The zero-order valence-electron chi connectivity index (χ0n) is 39.7. The third-order valence-electron chi connectivity index (χ3n) is 10.6. The molecule has 0 radical (unpaired) electrons. The number of carbonyl (C=O) groups excluding carboxylic acids is 2. The van der Waals surface area contributed by atoms with Crippen LogP contribution in [0.1, 0.15) is 95.6 Å². The first kappa shape index (κ1) is 50.1. The van der Waals surface area contributed by atoms with Gasteiger partial charge in [-0.25, -0.2) is 14.2 Å². The number of imidazole rings is 1. The molecule has 0 fully saturated rings. The molecule has 6 rings (SSSR count). The predicted molar refractivity (Wildman–Crippen MR) is 262 cm³/mol. The van der Waals surface area contributed by atoms with Gasteiger partial charge in [-0.2, -0.15) is 0 Å². The second kappa shape index (κ2) is 22.8. The van der Waals surface area contributed by atoms with Gasteiger partial charge in [-0.05, 0) is 101 Å². The highest BCUT2D eigenvalue weighted by molar-refractivity contribution is 7.12. The summed E-state index contributed by atoms with van der Waals surface area (Å²) >= 11 is 1.68. The van der Waals surface area contributed by atoms with E-state index in [1.165, 1.54) is 10.9 Å². The minimum absolute atomic E-state index is 0.000802. The Hall–Kier alpha value is -5.93. The van der Waals surface area contributed by atoms with Gasteiger partial charge in [-0.1, -0.05) is 47.3 Å². The number of halogens is 1. The normalized spacial score (nSPS) is 13.8. The van der Waals surface area contributed by atoms with Crippen LogP contribution in [0.3, 0.4) is 0 Å². The molecule has 2 amide bonds. The molecule has 65 heavy (non-hydrogen) atoms. The monoisotopic (exact) mass is 910 g/mol. The number of aryl methyl sites for hydroxylation is 1. The molecule has 3 N–H and O–H groups in total. The van der Waals surface area contributed by atoms with Gasteiger partial charge >= 0.3 is 6.09 Å². The molecule has 0 saturated heterocycles. The number of ether oxygens (including phenoxy) is 3. The molecule has 2 unspecified atom stereocenters. The van der Waals surface area contributed by atoms with Gasteiger partial charge in [0, 0.05) is 68.0 Å². The first-order valence-electron chi connectivity index (χ1n) is 22.3. The van der Waals surface area contributed by atoms with Gasteiger partial charge in [0.05, 0.1) is 45.8 Å². The Balaban J connectivity index is 0.00000257. The molecular formula is C50H67FN8O5S. The van der Waals surface area contributed by atoms with Crippen LogP contribution in [0.2, 0.25) is 0 Å². The summed E-state index contributed by atoms with van der Waals surface area (Å²) in [6.45, 7) is 25.4. The van der Waals surface area contributed by atoms with Crippen LogP contribution in [-0.4, -0.2) is 95.1 Å². The van der Waals surface area contributed by atoms with Gasteiger partial charge in [0.15, 0.2) is 0 Å². The summed E-state index contributed by atoms with van der Waals surface area (Å²) in [6, 6.07) is 15.3. The molecule has 3 aromatic heterocycles. The van der Waals surface area contributed by atoms with E-state index in [9.17, 15) is 9.59 Å². The molecular weight excluding hydrogens is 844 g/mol. The van der Waals surface area contributed by atoms with Crippen molar-refractivity contribution in [3.63, 3.8) is 0 Å². The maximum absolute atomic E-state index is 16.8. The van der Waals surface area contributed by atoms with E-state index in [1.807, 2.05) is 77.6 Å². The van der Waals surface area contributed by atoms with Crippen LogP contribution in [0.25, 0.3) is 39.1 Å². The van der Waals surface area contributed by atoms with Gasteiger partial charge in [0.25, 0.3) is 0 Å². The highest BCUT2D eigenvalue weighted by atomic mass is 32.1. The molecule has 0 bridgehead atoms. The maximum atomic E-state index is 16.8. The van der Waals surface area contributed by atoms with Crippen LogP contribution >= 0.6 is 11.3 Å². The molecule has 0 aliphatic carbocycles. The fraction of sp³-hybridized carbons (Fsp3) is 0.440. The van der Waals surface area contributed by atoms with E-state index >= 15 is 4.39 Å². The van der Waals surface area contributed by atoms with Crippen molar-refractivity contribution < 1.29 is 28.2 Å². The molecule has 350 valence electrons. The highest BCUT2D eigenvalue weighted by Gasteiger charge is 2.33. The molecule has 4 heterocycles. The minimum Gasteiger partial charge on any atom is -0.464 e. The summed E-state index contributed by atoms with van der Waals surface area (Å²) < 4.78 is 35.6. The van der Waals surface area contributed by atoms with Gasteiger partial charge in [0.2, 0.25) is 12.1 Å². The number of hydrogen-bond donors (Lipinski definition) is 3. The first-order chi connectivity index (χ1) is 31.1. The van der Waals surface area contributed by atoms with Crippen molar-refractivity contribution in [1.82, 2.24) is 35.0 Å². The number of benzene rings is 2. The number of fused-ring (bicyclic) bond motifs is 5. The number of aromatic amines is 1. The fourth-order valence-electron chi connectivity index (χ4n) is 7.72. The number of rotatable bonds is 19. The van der Waals surface area contributed by atoms with E-state index in [0.29, 0.717) is 60.3 Å². The van der Waals surface area contributed by atoms with Crippen molar-refractivity contribution >= 4 is 46.7 Å².